The Bertz CT molecular complexity index is 504. The fourth-order valence-corrected chi connectivity index (χ4v) is 2.16. The van der Waals surface area contributed by atoms with E-state index in [1.807, 2.05) is 39.8 Å². The lowest BCUT2D eigenvalue weighted by Gasteiger charge is -2.24. The van der Waals surface area contributed by atoms with Crippen LogP contribution in [0.25, 0.3) is 0 Å². The van der Waals surface area contributed by atoms with Crippen LogP contribution in [-0.4, -0.2) is 0 Å². The van der Waals surface area contributed by atoms with E-state index in [9.17, 15) is 4.39 Å². The molecule has 0 aromatic heterocycles. The minimum Gasteiger partial charge on any atom is -0.400 e. The van der Waals surface area contributed by atoms with Crippen LogP contribution in [0.1, 0.15) is 58.6 Å². The van der Waals surface area contributed by atoms with Gasteiger partial charge in [0.05, 0.1) is 5.70 Å². The summed E-state index contributed by atoms with van der Waals surface area (Å²) in [6.45, 7) is 14.5. The van der Waals surface area contributed by atoms with Gasteiger partial charge >= 0.3 is 0 Å². The van der Waals surface area contributed by atoms with E-state index < -0.39 is 0 Å². The lowest BCUT2D eigenvalue weighted by Crippen LogP contribution is -2.27. The van der Waals surface area contributed by atoms with Crippen molar-refractivity contribution in [1.29, 1.82) is 0 Å². The van der Waals surface area contributed by atoms with Crippen molar-refractivity contribution < 1.29 is 4.39 Å². The van der Waals surface area contributed by atoms with E-state index in [-0.39, 0.29) is 5.82 Å². The molecule has 0 spiro atoms. The topological polar surface area (TPSA) is 38.0 Å². The molecule has 0 unspecified atom stereocenters. The molecule has 0 radical (unpaired) electrons. The fraction of sp³-hybridized carbons (Fsp3) is 0.474. The molecule has 0 saturated carbocycles. The molecule has 1 aliphatic carbocycles. The normalized spacial score (nSPS) is 12.5. The molecule has 1 aliphatic rings. The van der Waals surface area contributed by atoms with Gasteiger partial charge in [-0.25, -0.2) is 4.39 Å². The van der Waals surface area contributed by atoms with Gasteiger partial charge in [-0.05, 0) is 23.6 Å². The number of benzene rings is 1. The number of hydrogen-bond donors (Lipinski definition) is 2. The molecule has 2 nitrogen and oxygen atoms in total. The molecule has 124 valence electrons. The van der Waals surface area contributed by atoms with Crippen LogP contribution in [0.15, 0.2) is 41.7 Å². The van der Waals surface area contributed by atoms with Crippen LogP contribution in [0.5, 0.6) is 0 Å². The Morgan fingerprint density at radius 1 is 1.23 bits per heavy atom. The van der Waals surface area contributed by atoms with Crippen LogP contribution in [-0.2, 0) is 13.0 Å². The van der Waals surface area contributed by atoms with E-state index in [2.05, 4.69) is 18.8 Å². The minimum absolute atomic E-state index is 0.175. The van der Waals surface area contributed by atoms with Crippen LogP contribution in [0.2, 0.25) is 0 Å². The Labute approximate surface area is 135 Å². The monoisotopic (exact) mass is 306 g/mol. The zero-order valence-electron chi connectivity index (χ0n) is 14.7. The van der Waals surface area contributed by atoms with E-state index >= 15 is 0 Å². The standard InChI is InChI=1S/C15H19FN2.2C2H6/c1-3-4-11-5-6-13(16)12(8-11)9-18-15-10(2)7-14(15)17;2*1-2/h5-6,8,18H,2-4,7,9,17H2,1H3;2*1-2H3. The van der Waals surface area contributed by atoms with Gasteiger partial charge in [-0.15, -0.1) is 0 Å². The van der Waals surface area contributed by atoms with E-state index in [1.54, 1.807) is 0 Å². The summed E-state index contributed by atoms with van der Waals surface area (Å²) >= 11 is 0. The molecule has 3 N–H and O–H groups in total. The summed E-state index contributed by atoms with van der Waals surface area (Å²) in [4.78, 5) is 0. The number of nitrogens with two attached hydrogens (primary N) is 1. The molecule has 2 rings (SSSR count). The number of nitrogens with one attached hydrogen (secondary N) is 1. The first-order valence-electron chi connectivity index (χ1n) is 8.29. The Balaban J connectivity index is 0.00000102. The molecule has 0 saturated heterocycles. The summed E-state index contributed by atoms with van der Waals surface area (Å²) in [5.74, 6) is -0.175. The number of aryl methyl sites for hydroxylation is 1. The summed E-state index contributed by atoms with van der Waals surface area (Å²) in [5, 5.41) is 3.16. The van der Waals surface area contributed by atoms with E-state index in [1.165, 1.54) is 11.6 Å². The highest BCUT2D eigenvalue weighted by Crippen LogP contribution is 2.26. The second-order valence-electron chi connectivity index (χ2n) is 4.71. The molecule has 1 aromatic carbocycles. The maximum atomic E-state index is 13.7. The molecule has 0 fully saturated rings. The highest BCUT2D eigenvalue weighted by atomic mass is 19.1. The quantitative estimate of drug-likeness (QED) is 0.799. The van der Waals surface area contributed by atoms with Gasteiger partial charge in [0.15, 0.2) is 0 Å². The van der Waals surface area contributed by atoms with Crippen LogP contribution < -0.4 is 11.1 Å². The van der Waals surface area contributed by atoms with Crippen molar-refractivity contribution in [3.8, 4) is 0 Å². The van der Waals surface area contributed by atoms with Crippen LogP contribution in [0, 0.1) is 5.82 Å². The molecule has 22 heavy (non-hydrogen) atoms. The third-order valence-corrected chi connectivity index (χ3v) is 3.18. The van der Waals surface area contributed by atoms with Crippen molar-refractivity contribution in [3.63, 3.8) is 0 Å². The molecule has 0 aliphatic heterocycles. The zero-order chi connectivity index (χ0) is 17.1. The summed E-state index contributed by atoms with van der Waals surface area (Å²) in [7, 11) is 0. The highest BCUT2D eigenvalue weighted by molar-refractivity contribution is 5.44. The number of halogens is 1. The third-order valence-electron chi connectivity index (χ3n) is 3.18. The van der Waals surface area contributed by atoms with Gasteiger partial charge in [-0.2, -0.15) is 0 Å². The number of rotatable bonds is 5. The Morgan fingerprint density at radius 2 is 1.86 bits per heavy atom. The minimum atomic E-state index is -0.175. The zero-order valence-corrected chi connectivity index (χ0v) is 14.7. The van der Waals surface area contributed by atoms with Crippen LogP contribution >= 0.6 is 0 Å². The van der Waals surface area contributed by atoms with Crippen molar-refractivity contribution in [2.45, 2.75) is 60.4 Å². The second-order valence-corrected chi connectivity index (χ2v) is 4.71. The van der Waals surface area contributed by atoms with Crippen LogP contribution in [0.4, 0.5) is 4.39 Å². The van der Waals surface area contributed by atoms with Gasteiger partial charge in [0, 0.05) is 24.2 Å². The smallest absolute Gasteiger partial charge is 0.128 e. The molecule has 0 heterocycles. The van der Waals surface area contributed by atoms with Gasteiger partial charge in [-0.3, -0.25) is 0 Å². The first-order valence-corrected chi connectivity index (χ1v) is 8.29. The van der Waals surface area contributed by atoms with Crippen LogP contribution in [0.3, 0.4) is 0 Å². The van der Waals surface area contributed by atoms with Crippen molar-refractivity contribution in [1.82, 2.24) is 5.32 Å². The Morgan fingerprint density at radius 3 is 2.36 bits per heavy atom. The Hall–Kier alpha value is -1.77. The van der Waals surface area contributed by atoms with Crippen molar-refractivity contribution >= 4 is 0 Å². The van der Waals surface area contributed by atoms with Gasteiger partial charge in [0.1, 0.15) is 5.82 Å². The number of allylic oxidation sites excluding steroid dienone is 2. The molecule has 0 bridgehead atoms. The first kappa shape index (κ1) is 20.2. The first-order chi connectivity index (χ1) is 10.6. The van der Waals surface area contributed by atoms with Crippen molar-refractivity contribution in [2.75, 3.05) is 0 Å². The van der Waals surface area contributed by atoms with E-state index in [0.717, 1.165) is 36.2 Å². The van der Waals surface area contributed by atoms with Crippen molar-refractivity contribution in [3.05, 3.63) is 58.7 Å². The summed E-state index contributed by atoms with van der Waals surface area (Å²) in [6.07, 6.45) is 2.79. The largest absolute Gasteiger partial charge is 0.400 e. The lowest BCUT2D eigenvalue weighted by atomic mass is 9.95. The van der Waals surface area contributed by atoms with Gasteiger partial charge in [-0.1, -0.05) is 59.8 Å². The maximum absolute atomic E-state index is 13.7. The Kier molecular flexibility index (Phi) is 10.0. The van der Waals surface area contributed by atoms with Gasteiger partial charge in [0.25, 0.3) is 0 Å². The molecular formula is C19H31FN2. The maximum Gasteiger partial charge on any atom is 0.128 e. The SMILES string of the molecule is C=C1CC(N)=C1NCc1cc(CCC)ccc1F.CC.CC. The molecule has 0 amide bonds. The van der Waals surface area contributed by atoms with E-state index in [0.29, 0.717) is 12.1 Å². The summed E-state index contributed by atoms with van der Waals surface area (Å²) < 4.78 is 13.7. The average Bonchev–Trinajstić information content (AvgIpc) is 2.54. The van der Waals surface area contributed by atoms with Gasteiger partial charge < -0.3 is 11.1 Å². The van der Waals surface area contributed by atoms with Crippen molar-refractivity contribution in [2.24, 2.45) is 5.73 Å². The number of hydrogen-bond acceptors (Lipinski definition) is 2. The fourth-order valence-electron chi connectivity index (χ4n) is 2.16. The lowest BCUT2D eigenvalue weighted by molar-refractivity contribution is 0.597. The summed E-state index contributed by atoms with van der Waals surface area (Å²) in [6, 6.07) is 5.30. The van der Waals surface area contributed by atoms with E-state index in [4.69, 9.17) is 5.73 Å². The van der Waals surface area contributed by atoms with Gasteiger partial charge in [0.2, 0.25) is 0 Å². The predicted octanol–water partition coefficient (Wildman–Crippen LogP) is 5.05. The molecular weight excluding hydrogens is 275 g/mol. The summed E-state index contributed by atoms with van der Waals surface area (Å²) in [5.41, 5.74) is 10.3. The highest BCUT2D eigenvalue weighted by Gasteiger charge is 2.18. The average molecular weight is 306 g/mol. The molecule has 3 heteroatoms. The predicted molar refractivity (Wildman–Crippen MR) is 94.9 cm³/mol. The molecule has 0 atom stereocenters. The molecule has 1 aromatic rings. The second kappa shape index (κ2) is 10.9. The third kappa shape index (κ3) is 5.55.